The monoisotopic (exact) mass is 462 g/mol. The van der Waals surface area contributed by atoms with Gasteiger partial charge in [0.15, 0.2) is 0 Å². The number of para-hydroxylation sites is 5. The number of rotatable bonds is 1. The maximum absolute atomic E-state index is 6.52. The fourth-order valence-electron chi connectivity index (χ4n) is 6.10. The molecule has 9 aromatic rings. The topological polar surface area (TPSA) is 48.3 Å². The van der Waals surface area contributed by atoms with Gasteiger partial charge in [0.1, 0.15) is 17.1 Å². The number of hydrogen-bond acceptors (Lipinski definition) is 3. The van der Waals surface area contributed by atoms with Crippen LogP contribution in [0.3, 0.4) is 0 Å². The molecule has 0 aliphatic carbocycles. The number of imidazole rings is 1. The van der Waals surface area contributed by atoms with Gasteiger partial charge in [-0.1, -0.05) is 60.7 Å². The first-order valence-electron chi connectivity index (χ1n) is 12.1. The minimum Gasteiger partial charge on any atom is -0.437 e. The molecule has 0 atom stereocenters. The molecule has 0 N–H and O–H groups in total. The Labute approximate surface area is 204 Å². The summed E-state index contributed by atoms with van der Waals surface area (Å²) in [4.78, 5) is 10.1. The van der Waals surface area contributed by atoms with Crippen molar-refractivity contribution >= 4 is 71.3 Å². The Bertz CT molecular complexity index is 2330. The maximum atomic E-state index is 6.52. The van der Waals surface area contributed by atoms with Crippen LogP contribution < -0.4 is 0 Å². The quantitative estimate of drug-likeness (QED) is 0.251. The van der Waals surface area contributed by atoms with Crippen LogP contribution in [0.5, 0.6) is 0 Å². The molecular formula is C31H18N4O. The number of hydrogen-bond donors (Lipinski definition) is 0. The van der Waals surface area contributed by atoms with E-state index < -0.39 is 0 Å². The first-order chi connectivity index (χ1) is 17.8. The van der Waals surface area contributed by atoms with E-state index in [9.17, 15) is 0 Å². The molecule has 9 rings (SSSR count). The Hall–Kier alpha value is -4.90. The predicted octanol–water partition coefficient (Wildman–Crippen LogP) is 7.68. The average molecular weight is 463 g/mol. The molecule has 0 aliphatic heterocycles. The first-order valence-corrected chi connectivity index (χ1v) is 12.1. The lowest BCUT2D eigenvalue weighted by atomic mass is 10.1. The van der Waals surface area contributed by atoms with Crippen LogP contribution in [-0.2, 0) is 7.05 Å². The Morgan fingerprint density at radius 2 is 1.36 bits per heavy atom. The molecule has 5 heteroatoms. The number of fused-ring (bicyclic) bond motifs is 10. The highest BCUT2D eigenvalue weighted by Crippen LogP contribution is 2.41. The highest BCUT2D eigenvalue weighted by molar-refractivity contribution is 6.24. The van der Waals surface area contributed by atoms with Gasteiger partial charge in [-0.15, -0.1) is 0 Å². The number of nitrogens with zero attached hydrogens (tertiary/aromatic N) is 4. The third-order valence-electron chi connectivity index (χ3n) is 7.70. The van der Waals surface area contributed by atoms with Crippen LogP contribution in [0.15, 0.2) is 95.4 Å². The summed E-state index contributed by atoms with van der Waals surface area (Å²) in [5.74, 6) is 0.886. The zero-order chi connectivity index (χ0) is 23.5. The van der Waals surface area contributed by atoms with E-state index in [0.717, 1.165) is 49.8 Å². The first kappa shape index (κ1) is 18.4. The second-order valence-corrected chi connectivity index (χ2v) is 9.53. The van der Waals surface area contributed by atoms with Crippen LogP contribution in [0.1, 0.15) is 0 Å². The van der Waals surface area contributed by atoms with Gasteiger partial charge in [-0.3, -0.25) is 4.40 Å². The van der Waals surface area contributed by atoms with Crippen molar-refractivity contribution in [1.82, 2.24) is 18.9 Å². The molecule has 4 aromatic carbocycles. The van der Waals surface area contributed by atoms with Gasteiger partial charge in [0.05, 0.1) is 27.6 Å². The lowest BCUT2D eigenvalue weighted by molar-refractivity contribution is 0.656. The minimum atomic E-state index is 0.647. The average Bonchev–Trinajstić information content (AvgIpc) is 3.64. The van der Waals surface area contributed by atoms with Gasteiger partial charge >= 0.3 is 0 Å². The van der Waals surface area contributed by atoms with Gasteiger partial charge in [-0.25, -0.2) is 4.98 Å². The van der Waals surface area contributed by atoms with Crippen molar-refractivity contribution in [2.75, 3.05) is 0 Å². The molecule has 0 fully saturated rings. The van der Waals surface area contributed by atoms with E-state index in [-0.39, 0.29) is 0 Å². The van der Waals surface area contributed by atoms with Crippen LogP contribution in [0.25, 0.3) is 82.7 Å². The van der Waals surface area contributed by atoms with Crippen molar-refractivity contribution in [3.05, 3.63) is 91.0 Å². The molecule has 0 saturated carbocycles. The van der Waals surface area contributed by atoms with Gasteiger partial charge in [-0.2, -0.15) is 4.98 Å². The molecule has 5 aromatic heterocycles. The normalized spacial score (nSPS) is 12.6. The number of pyridine rings is 1. The fraction of sp³-hybridized carbons (Fsp3) is 0.0323. The lowest BCUT2D eigenvalue weighted by Crippen LogP contribution is -1.92. The highest BCUT2D eigenvalue weighted by Gasteiger charge is 2.22. The molecule has 168 valence electrons. The van der Waals surface area contributed by atoms with E-state index in [4.69, 9.17) is 14.4 Å². The van der Waals surface area contributed by atoms with Gasteiger partial charge in [-0.05, 0) is 30.3 Å². The molecule has 0 radical (unpaired) electrons. The van der Waals surface area contributed by atoms with Gasteiger partial charge < -0.3 is 8.98 Å². The smallest absolute Gasteiger partial charge is 0.229 e. The number of benzene rings is 4. The summed E-state index contributed by atoms with van der Waals surface area (Å²) in [5, 5.41) is 6.94. The fourth-order valence-corrected chi connectivity index (χ4v) is 6.10. The molecule has 0 aliphatic rings. The summed E-state index contributed by atoms with van der Waals surface area (Å²) in [6.07, 6.45) is 0. The van der Waals surface area contributed by atoms with Crippen LogP contribution in [0.2, 0.25) is 0 Å². The van der Waals surface area contributed by atoms with Crippen molar-refractivity contribution in [2.45, 2.75) is 0 Å². The largest absolute Gasteiger partial charge is 0.437 e. The second-order valence-electron chi connectivity index (χ2n) is 9.53. The lowest BCUT2D eigenvalue weighted by Gasteiger charge is -2.03. The Morgan fingerprint density at radius 3 is 2.25 bits per heavy atom. The summed E-state index contributed by atoms with van der Waals surface area (Å²) < 4.78 is 10.9. The highest BCUT2D eigenvalue weighted by atomic mass is 16.3. The van der Waals surface area contributed by atoms with E-state index in [1.54, 1.807) is 0 Å². The van der Waals surface area contributed by atoms with Crippen molar-refractivity contribution < 1.29 is 4.42 Å². The molecule has 36 heavy (non-hydrogen) atoms. The zero-order valence-electron chi connectivity index (χ0n) is 19.4. The van der Waals surface area contributed by atoms with Crippen molar-refractivity contribution in [3.8, 4) is 11.4 Å². The Kier molecular flexibility index (Phi) is 3.18. The molecule has 0 unspecified atom stereocenters. The number of furan rings is 1. The SMILES string of the molecule is Cn1c(-c2cccc3c2oc2nc4c(cc23)c2cccc3c5ccccc5n4c32)nc2ccccc21. The van der Waals surface area contributed by atoms with Crippen LogP contribution in [0, 0.1) is 0 Å². The van der Waals surface area contributed by atoms with Crippen molar-refractivity contribution in [2.24, 2.45) is 7.05 Å². The molecule has 0 bridgehead atoms. The Balaban J connectivity index is 1.42. The van der Waals surface area contributed by atoms with Gasteiger partial charge in [0, 0.05) is 39.4 Å². The summed E-state index contributed by atoms with van der Waals surface area (Å²) in [6.45, 7) is 0. The van der Waals surface area contributed by atoms with Crippen LogP contribution in [-0.4, -0.2) is 18.9 Å². The van der Waals surface area contributed by atoms with E-state index in [0.29, 0.717) is 5.71 Å². The summed E-state index contributed by atoms with van der Waals surface area (Å²) in [7, 11) is 2.05. The molecule has 0 amide bonds. The summed E-state index contributed by atoms with van der Waals surface area (Å²) in [6, 6.07) is 31.8. The molecule has 5 nitrogen and oxygen atoms in total. The van der Waals surface area contributed by atoms with Gasteiger partial charge in [0.2, 0.25) is 5.71 Å². The molecule has 0 spiro atoms. The zero-order valence-corrected chi connectivity index (χ0v) is 19.4. The van der Waals surface area contributed by atoms with E-state index in [1.165, 1.54) is 27.2 Å². The third-order valence-corrected chi connectivity index (χ3v) is 7.70. The van der Waals surface area contributed by atoms with E-state index in [1.807, 2.05) is 18.2 Å². The molecule has 5 heterocycles. The molecule has 0 saturated heterocycles. The van der Waals surface area contributed by atoms with Crippen molar-refractivity contribution in [1.29, 1.82) is 0 Å². The molecular weight excluding hydrogens is 444 g/mol. The van der Waals surface area contributed by atoms with E-state index >= 15 is 0 Å². The van der Waals surface area contributed by atoms with E-state index in [2.05, 4.69) is 88.8 Å². The minimum absolute atomic E-state index is 0.647. The number of aryl methyl sites for hydroxylation is 1. The predicted molar refractivity (Wildman–Crippen MR) is 146 cm³/mol. The standard InChI is InChI=1S/C31H18N4O/c1-34-26-15-5-3-13-24(26)32-29(34)21-12-7-11-20-23-16-22-19-10-6-9-18-17-8-2-4-14-25(17)35(27(18)19)30(22)33-31(23)36-28(20)21/h2-16H,1H3. The maximum Gasteiger partial charge on any atom is 0.229 e. The van der Waals surface area contributed by atoms with Crippen LogP contribution in [0.4, 0.5) is 0 Å². The summed E-state index contributed by atoms with van der Waals surface area (Å²) >= 11 is 0. The Morgan fingerprint density at radius 1 is 0.639 bits per heavy atom. The van der Waals surface area contributed by atoms with Crippen LogP contribution >= 0.6 is 0 Å². The van der Waals surface area contributed by atoms with Gasteiger partial charge in [0.25, 0.3) is 0 Å². The second kappa shape index (κ2) is 6.20. The van der Waals surface area contributed by atoms with Crippen molar-refractivity contribution in [3.63, 3.8) is 0 Å². The third kappa shape index (κ3) is 2.08. The number of aromatic nitrogens is 4. The summed E-state index contributed by atoms with van der Waals surface area (Å²) in [5.41, 5.74) is 7.82.